The molecule has 0 aromatic carbocycles. The topological polar surface area (TPSA) is 62.4 Å². The van der Waals surface area contributed by atoms with Crippen molar-refractivity contribution in [2.24, 2.45) is 5.73 Å². The smallest absolute Gasteiger partial charge is 0.123 e. The third-order valence-corrected chi connectivity index (χ3v) is 2.79. The lowest BCUT2D eigenvalue weighted by atomic mass is 10.1. The van der Waals surface area contributed by atoms with Crippen molar-refractivity contribution in [3.8, 4) is 0 Å². The van der Waals surface area contributed by atoms with Crippen molar-refractivity contribution in [2.45, 2.75) is 19.9 Å². The van der Waals surface area contributed by atoms with Crippen molar-refractivity contribution in [1.29, 1.82) is 0 Å². The van der Waals surface area contributed by atoms with Gasteiger partial charge in [0.1, 0.15) is 10.7 Å². The number of pyridine rings is 1. The highest BCUT2D eigenvalue weighted by Gasteiger charge is 2.09. The quantitative estimate of drug-likeness (QED) is 0.708. The van der Waals surface area contributed by atoms with Crippen LogP contribution in [0.25, 0.3) is 0 Å². The van der Waals surface area contributed by atoms with E-state index in [-0.39, 0.29) is 6.61 Å². The summed E-state index contributed by atoms with van der Waals surface area (Å²) in [4.78, 5) is 6.77. The minimum Gasteiger partial charge on any atom is -0.396 e. The number of aliphatic hydroxyl groups excluding tert-OH is 1. The van der Waals surface area contributed by atoms with Gasteiger partial charge in [-0.1, -0.05) is 25.2 Å². The van der Waals surface area contributed by atoms with Gasteiger partial charge in [-0.05, 0) is 24.6 Å². The molecule has 0 unspecified atom stereocenters. The molecule has 1 aromatic heterocycles. The van der Waals surface area contributed by atoms with E-state index in [4.69, 9.17) is 23.1 Å². The zero-order chi connectivity index (χ0) is 12.7. The van der Waals surface area contributed by atoms with Gasteiger partial charge < -0.3 is 10.8 Å². The van der Waals surface area contributed by atoms with Gasteiger partial charge in [0.2, 0.25) is 0 Å². The zero-order valence-electron chi connectivity index (χ0n) is 10.1. The molecule has 0 aliphatic carbocycles. The van der Waals surface area contributed by atoms with Crippen LogP contribution in [0.5, 0.6) is 0 Å². The normalized spacial score (nSPS) is 10.8. The third kappa shape index (κ3) is 4.38. The zero-order valence-corrected chi connectivity index (χ0v) is 10.9. The van der Waals surface area contributed by atoms with Crippen LogP contribution in [0, 0.1) is 0 Å². The number of thiocarbonyl (C=S) groups is 1. The summed E-state index contributed by atoms with van der Waals surface area (Å²) >= 11 is 4.98. The van der Waals surface area contributed by atoms with E-state index >= 15 is 0 Å². The number of aliphatic hydroxyl groups is 1. The predicted molar refractivity (Wildman–Crippen MR) is 72.8 cm³/mol. The average Bonchev–Trinajstić information content (AvgIpc) is 2.34. The SMILES string of the molecule is CCN(CCCO)Cc1cccnc1C(N)=S. The van der Waals surface area contributed by atoms with Gasteiger partial charge >= 0.3 is 0 Å². The van der Waals surface area contributed by atoms with Crippen LogP contribution in [0.1, 0.15) is 24.6 Å². The fourth-order valence-corrected chi connectivity index (χ4v) is 1.86. The molecule has 1 rings (SSSR count). The second kappa shape index (κ2) is 7.32. The summed E-state index contributed by atoms with van der Waals surface area (Å²) in [6, 6.07) is 3.88. The highest BCUT2D eigenvalue weighted by molar-refractivity contribution is 7.80. The Morgan fingerprint density at radius 2 is 2.35 bits per heavy atom. The van der Waals surface area contributed by atoms with Gasteiger partial charge in [0.25, 0.3) is 0 Å². The Balaban J connectivity index is 2.75. The van der Waals surface area contributed by atoms with E-state index in [2.05, 4.69) is 16.8 Å². The first-order valence-electron chi connectivity index (χ1n) is 5.76. The molecule has 0 bridgehead atoms. The van der Waals surface area contributed by atoms with Crippen LogP contribution in [0.4, 0.5) is 0 Å². The molecule has 0 spiro atoms. The molecule has 3 N–H and O–H groups in total. The molecule has 5 heteroatoms. The first-order valence-corrected chi connectivity index (χ1v) is 6.16. The Morgan fingerprint density at radius 1 is 1.59 bits per heavy atom. The van der Waals surface area contributed by atoms with Gasteiger partial charge in [0, 0.05) is 25.9 Å². The fraction of sp³-hybridized carbons (Fsp3) is 0.500. The van der Waals surface area contributed by atoms with Gasteiger partial charge in [-0.2, -0.15) is 0 Å². The number of aromatic nitrogens is 1. The van der Waals surface area contributed by atoms with Crippen LogP contribution in [0.2, 0.25) is 0 Å². The lowest BCUT2D eigenvalue weighted by Crippen LogP contribution is -2.26. The van der Waals surface area contributed by atoms with Crippen molar-refractivity contribution in [3.05, 3.63) is 29.6 Å². The van der Waals surface area contributed by atoms with E-state index in [1.54, 1.807) is 6.20 Å². The number of nitrogens with two attached hydrogens (primary N) is 1. The van der Waals surface area contributed by atoms with Crippen molar-refractivity contribution in [2.75, 3.05) is 19.7 Å². The Labute approximate surface area is 107 Å². The summed E-state index contributed by atoms with van der Waals surface area (Å²) in [6.07, 6.45) is 2.47. The molecule has 0 saturated heterocycles. The van der Waals surface area contributed by atoms with E-state index in [9.17, 15) is 0 Å². The molecule has 0 amide bonds. The summed E-state index contributed by atoms with van der Waals surface area (Å²) in [5.74, 6) is 0. The molecule has 0 radical (unpaired) electrons. The van der Waals surface area contributed by atoms with Crippen LogP contribution in [-0.4, -0.2) is 39.7 Å². The van der Waals surface area contributed by atoms with Gasteiger partial charge in [-0.25, -0.2) is 0 Å². The number of hydrogen-bond acceptors (Lipinski definition) is 4. The first-order chi connectivity index (χ1) is 8.19. The van der Waals surface area contributed by atoms with Crippen LogP contribution < -0.4 is 5.73 Å². The summed E-state index contributed by atoms with van der Waals surface area (Å²) in [5.41, 5.74) is 7.38. The Hall–Kier alpha value is -1.04. The van der Waals surface area contributed by atoms with Crippen LogP contribution in [-0.2, 0) is 6.54 Å². The largest absolute Gasteiger partial charge is 0.396 e. The minimum absolute atomic E-state index is 0.214. The lowest BCUT2D eigenvalue weighted by Gasteiger charge is -2.20. The Bertz CT molecular complexity index is 371. The van der Waals surface area contributed by atoms with E-state index in [0.717, 1.165) is 31.6 Å². The Kier molecular flexibility index (Phi) is 6.04. The van der Waals surface area contributed by atoms with E-state index < -0.39 is 0 Å². The molecule has 17 heavy (non-hydrogen) atoms. The summed E-state index contributed by atoms with van der Waals surface area (Å²) < 4.78 is 0. The van der Waals surface area contributed by atoms with Crippen LogP contribution in [0.15, 0.2) is 18.3 Å². The highest BCUT2D eigenvalue weighted by Crippen LogP contribution is 2.09. The van der Waals surface area contributed by atoms with Crippen molar-refractivity contribution < 1.29 is 5.11 Å². The van der Waals surface area contributed by atoms with Crippen molar-refractivity contribution in [3.63, 3.8) is 0 Å². The maximum absolute atomic E-state index is 8.84. The molecular weight excluding hydrogens is 234 g/mol. The maximum Gasteiger partial charge on any atom is 0.123 e. The first kappa shape index (κ1) is 14.0. The standard InChI is InChI=1S/C12H19N3OS/c1-2-15(7-4-8-16)9-10-5-3-6-14-11(10)12(13)17/h3,5-6,16H,2,4,7-9H2,1H3,(H2,13,17). The monoisotopic (exact) mass is 253 g/mol. The molecule has 1 heterocycles. The molecule has 4 nitrogen and oxygen atoms in total. The van der Waals surface area contributed by atoms with Crippen molar-refractivity contribution >= 4 is 17.2 Å². The van der Waals surface area contributed by atoms with Crippen LogP contribution >= 0.6 is 12.2 Å². The molecule has 0 fully saturated rings. The summed E-state index contributed by atoms with van der Waals surface area (Å²) in [7, 11) is 0. The second-order valence-electron chi connectivity index (χ2n) is 3.82. The molecule has 0 aliphatic rings. The van der Waals surface area contributed by atoms with Gasteiger partial charge in [-0.3, -0.25) is 9.88 Å². The second-order valence-corrected chi connectivity index (χ2v) is 4.26. The van der Waals surface area contributed by atoms with Crippen molar-refractivity contribution in [1.82, 2.24) is 9.88 Å². The molecule has 0 atom stereocenters. The summed E-state index contributed by atoms with van der Waals surface area (Å²) in [5, 5.41) is 8.84. The molecule has 94 valence electrons. The maximum atomic E-state index is 8.84. The number of rotatable bonds is 7. The minimum atomic E-state index is 0.214. The van der Waals surface area contributed by atoms with Crippen LogP contribution in [0.3, 0.4) is 0 Å². The van der Waals surface area contributed by atoms with E-state index in [1.807, 2.05) is 12.1 Å². The summed E-state index contributed by atoms with van der Waals surface area (Å²) in [6.45, 7) is 4.85. The Morgan fingerprint density at radius 3 is 2.94 bits per heavy atom. The third-order valence-electron chi connectivity index (χ3n) is 2.60. The van der Waals surface area contributed by atoms with Gasteiger partial charge in [0.15, 0.2) is 0 Å². The molecule has 0 saturated carbocycles. The number of nitrogens with zero attached hydrogens (tertiary/aromatic N) is 2. The highest BCUT2D eigenvalue weighted by atomic mass is 32.1. The average molecular weight is 253 g/mol. The van der Waals surface area contributed by atoms with Gasteiger partial charge in [-0.15, -0.1) is 0 Å². The van der Waals surface area contributed by atoms with E-state index in [1.165, 1.54) is 0 Å². The fourth-order valence-electron chi connectivity index (χ4n) is 1.67. The molecule has 1 aromatic rings. The van der Waals surface area contributed by atoms with Gasteiger partial charge in [0.05, 0.1) is 0 Å². The predicted octanol–water partition coefficient (Wildman–Crippen LogP) is 0.920. The lowest BCUT2D eigenvalue weighted by molar-refractivity contribution is 0.225. The number of hydrogen-bond donors (Lipinski definition) is 2. The molecule has 0 aliphatic heterocycles. The van der Waals surface area contributed by atoms with E-state index in [0.29, 0.717) is 10.7 Å². The molecular formula is C12H19N3OS.